The van der Waals surface area contributed by atoms with Gasteiger partial charge in [0.05, 0.1) is 11.1 Å². The molecule has 0 atom stereocenters. The van der Waals surface area contributed by atoms with Gasteiger partial charge in [-0.1, -0.05) is 41.9 Å². The predicted molar refractivity (Wildman–Crippen MR) is 75.8 cm³/mol. The number of halogens is 1. The van der Waals surface area contributed by atoms with E-state index < -0.39 is 10.0 Å². The smallest absolute Gasteiger partial charge is 0.200 e. The highest BCUT2D eigenvalue weighted by molar-refractivity contribution is 7.89. The van der Waals surface area contributed by atoms with Crippen LogP contribution in [0.25, 0.3) is 0 Å². The molecule has 0 aliphatic carbocycles. The van der Waals surface area contributed by atoms with Crippen molar-refractivity contribution >= 4 is 27.8 Å². The maximum absolute atomic E-state index is 11.8. The van der Waals surface area contributed by atoms with Gasteiger partial charge in [-0.3, -0.25) is 0 Å². The molecule has 0 aliphatic heterocycles. The van der Waals surface area contributed by atoms with E-state index in [1.165, 1.54) is 18.3 Å². The molecule has 0 amide bonds. The molecule has 0 saturated heterocycles. The third-order valence-electron chi connectivity index (χ3n) is 2.31. The maximum atomic E-state index is 11.8. The van der Waals surface area contributed by atoms with E-state index in [2.05, 4.69) is 9.93 Å². The summed E-state index contributed by atoms with van der Waals surface area (Å²) in [7, 11) is -3.61. The molecule has 0 radical (unpaired) electrons. The van der Waals surface area contributed by atoms with E-state index in [1.807, 2.05) is 0 Å². The van der Waals surface area contributed by atoms with Crippen LogP contribution in [-0.2, 0) is 10.0 Å². The van der Waals surface area contributed by atoms with Crippen LogP contribution >= 0.6 is 11.6 Å². The fourth-order valence-corrected chi connectivity index (χ4v) is 2.31. The Bertz CT molecular complexity index is 668. The zero-order valence-electron chi connectivity index (χ0n) is 9.82. The number of hydrogen-bond donors (Lipinski definition) is 1. The third-order valence-corrected chi connectivity index (χ3v) is 3.80. The lowest BCUT2D eigenvalue weighted by atomic mass is 10.2. The average Bonchev–Trinajstić information content (AvgIpc) is 2.42. The highest BCUT2D eigenvalue weighted by atomic mass is 35.5. The van der Waals surface area contributed by atoms with Crippen LogP contribution in [-0.4, -0.2) is 14.6 Å². The first kappa shape index (κ1) is 13.6. The summed E-state index contributed by atoms with van der Waals surface area (Å²) < 4.78 is 23.7. The Labute approximate surface area is 116 Å². The molecule has 19 heavy (non-hydrogen) atoms. The Morgan fingerprint density at radius 1 is 1.00 bits per heavy atom. The van der Waals surface area contributed by atoms with Crippen molar-refractivity contribution in [1.82, 2.24) is 4.83 Å². The van der Waals surface area contributed by atoms with E-state index >= 15 is 0 Å². The molecule has 0 aromatic heterocycles. The van der Waals surface area contributed by atoms with Gasteiger partial charge in [-0.05, 0) is 29.8 Å². The van der Waals surface area contributed by atoms with Crippen LogP contribution in [0.1, 0.15) is 5.56 Å². The standard InChI is InChI=1S/C13H11ClN2O2S/c14-12-8-6-11(7-9-12)10-15-16-19(17,18)13-4-2-1-3-5-13/h1-10,16H/b15-10+. The molecule has 0 unspecified atom stereocenters. The molecular weight excluding hydrogens is 284 g/mol. The van der Waals surface area contributed by atoms with Gasteiger partial charge in [0, 0.05) is 5.02 Å². The number of nitrogens with one attached hydrogen (secondary N) is 1. The van der Waals surface area contributed by atoms with Crippen LogP contribution < -0.4 is 4.83 Å². The molecule has 0 spiro atoms. The topological polar surface area (TPSA) is 58.5 Å². The molecule has 0 aliphatic rings. The molecule has 1 N–H and O–H groups in total. The van der Waals surface area contributed by atoms with Crippen molar-refractivity contribution in [3.8, 4) is 0 Å². The van der Waals surface area contributed by atoms with E-state index in [-0.39, 0.29) is 4.90 Å². The molecule has 2 aromatic rings. The Hall–Kier alpha value is -1.85. The van der Waals surface area contributed by atoms with Crippen LogP contribution in [0.3, 0.4) is 0 Å². The van der Waals surface area contributed by atoms with E-state index in [1.54, 1.807) is 42.5 Å². The van der Waals surface area contributed by atoms with Crippen LogP contribution in [0, 0.1) is 0 Å². The van der Waals surface area contributed by atoms with Crippen LogP contribution in [0.2, 0.25) is 5.02 Å². The normalized spacial score (nSPS) is 11.6. The minimum atomic E-state index is -3.61. The molecular formula is C13H11ClN2O2S. The number of sulfonamides is 1. The van der Waals surface area contributed by atoms with Crippen molar-refractivity contribution in [2.24, 2.45) is 5.10 Å². The summed E-state index contributed by atoms with van der Waals surface area (Å²) in [5.74, 6) is 0. The first-order valence-electron chi connectivity index (χ1n) is 5.43. The molecule has 0 saturated carbocycles. The molecule has 98 valence electrons. The monoisotopic (exact) mass is 294 g/mol. The fourth-order valence-electron chi connectivity index (χ4n) is 1.37. The Balaban J connectivity index is 2.08. The van der Waals surface area contributed by atoms with Gasteiger partial charge in [0.1, 0.15) is 0 Å². The first-order chi connectivity index (χ1) is 9.08. The van der Waals surface area contributed by atoms with E-state index in [4.69, 9.17) is 11.6 Å². The molecule has 2 aromatic carbocycles. The van der Waals surface area contributed by atoms with Gasteiger partial charge in [0.25, 0.3) is 10.0 Å². The summed E-state index contributed by atoms with van der Waals surface area (Å²) in [6.45, 7) is 0. The van der Waals surface area contributed by atoms with Crippen molar-refractivity contribution in [3.63, 3.8) is 0 Å². The van der Waals surface area contributed by atoms with Crippen molar-refractivity contribution in [1.29, 1.82) is 0 Å². The van der Waals surface area contributed by atoms with E-state index in [0.717, 1.165) is 5.56 Å². The number of rotatable bonds is 4. The van der Waals surface area contributed by atoms with Crippen molar-refractivity contribution < 1.29 is 8.42 Å². The minimum absolute atomic E-state index is 0.170. The number of hydrazone groups is 1. The Morgan fingerprint density at radius 2 is 1.63 bits per heavy atom. The summed E-state index contributed by atoms with van der Waals surface area (Å²) in [5.41, 5.74) is 0.750. The number of hydrogen-bond acceptors (Lipinski definition) is 3. The molecule has 4 nitrogen and oxygen atoms in total. The summed E-state index contributed by atoms with van der Waals surface area (Å²) >= 11 is 5.74. The molecule has 6 heteroatoms. The van der Waals surface area contributed by atoms with Crippen LogP contribution in [0.4, 0.5) is 0 Å². The zero-order chi connectivity index (χ0) is 13.7. The lowest BCUT2D eigenvalue weighted by molar-refractivity contribution is 0.584. The minimum Gasteiger partial charge on any atom is -0.200 e. The predicted octanol–water partition coefficient (Wildman–Crippen LogP) is 2.65. The lowest BCUT2D eigenvalue weighted by Gasteiger charge is -2.02. The lowest BCUT2D eigenvalue weighted by Crippen LogP contribution is -2.18. The second-order valence-corrected chi connectivity index (χ2v) is 5.81. The van der Waals surface area contributed by atoms with Gasteiger partial charge in [0.2, 0.25) is 0 Å². The summed E-state index contributed by atoms with van der Waals surface area (Å²) in [6, 6.07) is 14.9. The van der Waals surface area contributed by atoms with Gasteiger partial charge in [-0.2, -0.15) is 13.5 Å². The molecule has 0 fully saturated rings. The highest BCUT2D eigenvalue weighted by Crippen LogP contribution is 2.09. The number of nitrogens with zero attached hydrogens (tertiary/aromatic N) is 1. The highest BCUT2D eigenvalue weighted by Gasteiger charge is 2.10. The Morgan fingerprint density at radius 3 is 2.26 bits per heavy atom. The summed E-state index contributed by atoms with van der Waals surface area (Å²) in [5, 5.41) is 4.33. The molecule has 2 rings (SSSR count). The molecule has 0 heterocycles. The summed E-state index contributed by atoms with van der Waals surface area (Å²) in [4.78, 5) is 2.32. The zero-order valence-corrected chi connectivity index (χ0v) is 11.4. The van der Waals surface area contributed by atoms with Gasteiger partial charge < -0.3 is 0 Å². The van der Waals surface area contributed by atoms with Gasteiger partial charge in [-0.15, -0.1) is 0 Å². The summed E-state index contributed by atoms with van der Waals surface area (Å²) in [6.07, 6.45) is 1.41. The first-order valence-corrected chi connectivity index (χ1v) is 7.29. The van der Waals surface area contributed by atoms with Crippen molar-refractivity contribution in [2.75, 3.05) is 0 Å². The van der Waals surface area contributed by atoms with Crippen molar-refractivity contribution in [2.45, 2.75) is 4.90 Å². The van der Waals surface area contributed by atoms with Gasteiger partial charge in [0.15, 0.2) is 0 Å². The SMILES string of the molecule is O=S(=O)(N/N=C/c1ccc(Cl)cc1)c1ccccc1. The van der Waals surface area contributed by atoms with Gasteiger partial charge >= 0.3 is 0 Å². The van der Waals surface area contributed by atoms with Crippen LogP contribution in [0.15, 0.2) is 64.6 Å². The van der Waals surface area contributed by atoms with E-state index in [9.17, 15) is 8.42 Å². The largest absolute Gasteiger partial charge is 0.276 e. The molecule has 0 bridgehead atoms. The number of benzene rings is 2. The van der Waals surface area contributed by atoms with Gasteiger partial charge in [-0.25, -0.2) is 4.83 Å². The quantitative estimate of drug-likeness (QED) is 0.696. The Kier molecular flexibility index (Phi) is 4.19. The third kappa shape index (κ3) is 3.81. The van der Waals surface area contributed by atoms with E-state index in [0.29, 0.717) is 5.02 Å². The van der Waals surface area contributed by atoms with Crippen LogP contribution in [0.5, 0.6) is 0 Å². The second-order valence-electron chi connectivity index (χ2n) is 3.72. The average molecular weight is 295 g/mol. The maximum Gasteiger partial charge on any atom is 0.276 e. The fraction of sp³-hybridized carbons (Fsp3) is 0. The second kappa shape index (κ2) is 5.86. The van der Waals surface area contributed by atoms with Crippen molar-refractivity contribution in [3.05, 3.63) is 65.2 Å².